The van der Waals surface area contributed by atoms with Gasteiger partial charge in [0, 0.05) is 16.4 Å². The van der Waals surface area contributed by atoms with E-state index in [1.807, 2.05) is 6.92 Å². The fourth-order valence-electron chi connectivity index (χ4n) is 3.14. The third-order valence-corrected chi connectivity index (χ3v) is 5.32. The standard InChI is InChI=1S/C28H27ClN4O6/c1-4-13-38-22-10-8-21(9-11-22)31-27(35)28(36)33-30-16-19-6-12-24(25(14-19)37-3)39-17-26(34)32-23-15-20(29)7-5-18(23)2/h4-12,14-16H,1,13,17H2,2-3H3,(H,31,35)(H,32,34)(H,33,36)/b30-16-. The monoisotopic (exact) mass is 550 g/mol. The van der Waals surface area contributed by atoms with Crippen molar-refractivity contribution in [3.63, 3.8) is 0 Å². The molecule has 0 radical (unpaired) electrons. The van der Waals surface area contributed by atoms with Crippen molar-refractivity contribution in [1.29, 1.82) is 0 Å². The van der Waals surface area contributed by atoms with Crippen LogP contribution >= 0.6 is 11.6 Å². The van der Waals surface area contributed by atoms with Gasteiger partial charge in [-0.15, -0.1) is 0 Å². The van der Waals surface area contributed by atoms with E-state index < -0.39 is 11.8 Å². The summed E-state index contributed by atoms with van der Waals surface area (Å²) in [5.41, 5.74) is 4.59. The average Bonchev–Trinajstić information content (AvgIpc) is 2.93. The number of carbonyl (C=O) groups is 3. The van der Waals surface area contributed by atoms with Crippen molar-refractivity contribution < 1.29 is 28.6 Å². The Hall–Kier alpha value is -4.83. The maximum Gasteiger partial charge on any atom is 0.329 e. The molecule has 202 valence electrons. The van der Waals surface area contributed by atoms with Gasteiger partial charge >= 0.3 is 11.8 Å². The molecule has 10 nitrogen and oxygen atoms in total. The van der Waals surface area contributed by atoms with E-state index in [0.717, 1.165) is 5.56 Å². The number of ether oxygens (including phenoxy) is 3. The number of rotatable bonds is 11. The number of amides is 3. The molecule has 0 saturated carbocycles. The summed E-state index contributed by atoms with van der Waals surface area (Å²) in [5, 5.41) is 9.53. The first-order chi connectivity index (χ1) is 18.8. The van der Waals surface area contributed by atoms with Gasteiger partial charge in [-0.2, -0.15) is 5.10 Å². The Morgan fingerprint density at radius 2 is 1.72 bits per heavy atom. The molecule has 0 aliphatic heterocycles. The largest absolute Gasteiger partial charge is 0.493 e. The minimum atomic E-state index is -0.953. The average molecular weight is 551 g/mol. The van der Waals surface area contributed by atoms with Crippen LogP contribution in [0.1, 0.15) is 11.1 Å². The van der Waals surface area contributed by atoms with Crippen molar-refractivity contribution in [1.82, 2.24) is 5.43 Å². The van der Waals surface area contributed by atoms with Crippen LogP contribution < -0.4 is 30.3 Å². The van der Waals surface area contributed by atoms with Gasteiger partial charge in [0.15, 0.2) is 18.1 Å². The van der Waals surface area contributed by atoms with Crippen molar-refractivity contribution in [2.45, 2.75) is 6.92 Å². The van der Waals surface area contributed by atoms with E-state index in [2.05, 4.69) is 27.7 Å². The zero-order valence-electron chi connectivity index (χ0n) is 21.3. The molecule has 3 aromatic rings. The van der Waals surface area contributed by atoms with Crippen molar-refractivity contribution in [3.8, 4) is 17.2 Å². The summed E-state index contributed by atoms with van der Waals surface area (Å²) < 4.78 is 16.3. The zero-order chi connectivity index (χ0) is 28.2. The quantitative estimate of drug-likeness (QED) is 0.141. The first-order valence-corrected chi connectivity index (χ1v) is 12.0. The van der Waals surface area contributed by atoms with E-state index >= 15 is 0 Å². The van der Waals surface area contributed by atoms with Crippen LogP contribution in [0.25, 0.3) is 0 Å². The Morgan fingerprint density at radius 1 is 0.949 bits per heavy atom. The Bertz CT molecular complexity index is 1370. The summed E-state index contributed by atoms with van der Waals surface area (Å²) in [6.45, 7) is 5.52. The van der Waals surface area contributed by atoms with Crippen molar-refractivity contribution in [2.24, 2.45) is 5.10 Å². The fraction of sp³-hybridized carbons (Fsp3) is 0.143. The number of hydrazone groups is 1. The van der Waals surface area contributed by atoms with Gasteiger partial charge in [0.2, 0.25) is 0 Å². The van der Waals surface area contributed by atoms with Crippen LogP contribution in [0.15, 0.2) is 78.4 Å². The molecule has 3 amide bonds. The van der Waals surface area contributed by atoms with Gasteiger partial charge in [0.05, 0.1) is 13.3 Å². The molecule has 39 heavy (non-hydrogen) atoms. The summed E-state index contributed by atoms with van der Waals surface area (Å²) in [4.78, 5) is 36.5. The minimum absolute atomic E-state index is 0.258. The van der Waals surface area contributed by atoms with E-state index in [0.29, 0.717) is 45.8 Å². The molecule has 0 fully saturated rings. The zero-order valence-corrected chi connectivity index (χ0v) is 22.1. The van der Waals surface area contributed by atoms with Crippen LogP contribution in [-0.4, -0.2) is 44.3 Å². The summed E-state index contributed by atoms with van der Waals surface area (Å²) in [6, 6.07) is 16.5. The van der Waals surface area contributed by atoms with E-state index in [9.17, 15) is 14.4 Å². The molecular weight excluding hydrogens is 524 g/mol. The van der Waals surface area contributed by atoms with Crippen LogP contribution in [0, 0.1) is 6.92 Å². The second-order valence-electron chi connectivity index (χ2n) is 7.98. The molecule has 0 heterocycles. The van der Waals surface area contributed by atoms with Crippen LogP contribution in [-0.2, 0) is 14.4 Å². The first-order valence-electron chi connectivity index (χ1n) is 11.6. The summed E-state index contributed by atoms with van der Waals surface area (Å²) in [5.74, 6) is -0.937. The highest BCUT2D eigenvalue weighted by atomic mass is 35.5. The third-order valence-electron chi connectivity index (χ3n) is 5.09. The maximum atomic E-state index is 12.3. The van der Waals surface area contributed by atoms with Crippen molar-refractivity contribution in [3.05, 3.63) is 89.5 Å². The number of methoxy groups -OCH3 is 1. The van der Waals surface area contributed by atoms with E-state index in [1.54, 1.807) is 66.7 Å². The Kier molecular flexibility index (Phi) is 10.5. The van der Waals surface area contributed by atoms with E-state index in [1.165, 1.54) is 13.3 Å². The number of benzene rings is 3. The van der Waals surface area contributed by atoms with Crippen LogP contribution in [0.5, 0.6) is 17.2 Å². The van der Waals surface area contributed by atoms with Gasteiger partial charge < -0.3 is 24.8 Å². The molecule has 0 saturated heterocycles. The Morgan fingerprint density at radius 3 is 2.44 bits per heavy atom. The van der Waals surface area contributed by atoms with Gasteiger partial charge in [-0.25, -0.2) is 5.43 Å². The lowest BCUT2D eigenvalue weighted by Gasteiger charge is -2.12. The van der Waals surface area contributed by atoms with Crippen LogP contribution in [0.3, 0.4) is 0 Å². The predicted molar refractivity (Wildman–Crippen MR) is 150 cm³/mol. The molecule has 0 aliphatic carbocycles. The van der Waals surface area contributed by atoms with E-state index in [-0.39, 0.29) is 12.5 Å². The lowest BCUT2D eigenvalue weighted by Crippen LogP contribution is -2.32. The molecule has 3 rings (SSSR count). The van der Waals surface area contributed by atoms with Gasteiger partial charge in [0.1, 0.15) is 12.4 Å². The van der Waals surface area contributed by atoms with Gasteiger partial charge in [-0.05, 0) is 72.6 Å². The number of aryl methyl sites for hydroxylation is 1. The molecule has 0 unspecified atom stereocenters. The molecule has 0 aromatic heterocycles. The summed E-state index contributed by atoms with van der Waals surface area (Å²) in [7, 11) is 1.45. The predicted octanol–water partition coefficient (Wildman–Crippen LogP) is 4.33. The molecule has 11 heteroatoms. The van der Waals surface area contributed by atoms with Gasteiger partial charge in [-0.1, -0.05) is 30.3 Å². The number of halogens is 1. The molecule has 0 spiro atoms. The SMILES string of the molecule is C=CCOc1ccc(NC(=O)C(=O)N/N=C\c2ccc(OCC(=O)Nc3cc(Cl)ccc3C)c(OC)c2)cc1. The first kappa shape index (κ1) is 28.7. The molecule has 0 aliphatic rings. The number of carbonyl (C=O) groups excluding carboxylic acids is 3. The molecule has 3 N–H and O–H groups in total. The number of hydrogen-bond acceptors (Lipinski definition) is 7. The second-order valence-corrected chi connectivity index (χ2v) is 8.42. The Balaban J connectivity index is 1.51. The minimum Gasteiger partial charge on any atom is -0.493 e. The normalized spacial score (nSPS) is 10.4. The molecular formula is C28H27ClN4O6. The summed E-state index contributed by atoms with van der Waals surface area (Å²) in [6.07, 6.45) is 2.95. The van der Waals surface area contributed by atoms with Gasteiger partial charge in [-0.3, -0.25) is 14.4 Å². The molecule has 0 atom stereocenters. The van der Waals surface area contributed by atoms with Gasteiger partial charge in [0.25, 0.3) is 5.91 Å². The van der Waals surface area contributed by atoms with Crippen LogP contribution in [0.2, 0.25) is 5.02 Å². The van der Waals surface area contributed by atoms with Crippen molar-refractivity contribution in [2.75, 3.05) is 31.0 Å². The number of nitrogens with zero attached hydrogens (tertiary/aromatic N) is 1. The van der Waals surface area contributed by atoms with E-state index in [4.69, 9.17) is 25.8 Å². The maximum absolute atomic E-state index is 12.3. The number of anilines is 2. The summed E-state index contributed by atoms with van der Waals surface area (Å²) >= 11 is 5.99. The molecule has 0 bridgehead atoms. The number of hydrogen-bond donors (Lipinski definition) is 3. The lowest BCUT2D eigenvalue weighted by atomic mass is 10.2. The van der Waals surface area contributed by atoms with Crippen LogP contribution in [0.4, 0.5) is 11.4 Å². The smallest absolute Gasteiger partial charge is 0.329 e. The third kappa shape index (κ3) is 8.90. The fourth-order valence-corrected chi connectivity index (χ4v) is 3.31. The highest BCUT2D eigenvalue weighted by molar-refractivity contribution is 6.39. The number of nitrogens with one attached hydrogen (secondary N) is 3. The Labute approximate surface area is 230 Å². The second kappa shape index (κ2) is 14.2. The molecule has 3 aromatic carbocycles. The topological polar surface area (TPSA) is 127 Å². The van der Waals surface area contributed by atoms with Crippen molar-refractivity contribution >= 4 is 46.9 Å². The highest BCUT2D eigenvalue weighted by Crippen LogP contribution is 2.28. The lowest BCUT2D eigenvalue weighted by molar-refractivity contribution is -0.136. The highest BCUT2D eigenvalue weighted by Gasteiger charge is 2.13.